The Hall–Kier alpha value is -0.890. The van der Waals surface area contributed by atoms with Crippen LogP contribution in [0.3, 0.4) is 0 Å². The van der Waals surface area contributed by atoms with E-state index in [2.05, 4.69) is 25.7 Å². The summed E-state index contributed by atoms with van der Waals surface area (Å²) in [5.74, 6) is 1.38. The number of Topliss-reactive ketones (excluding diaryl/α,β-unsaturated/α-hetero) is 1. The molecule has 0 amide bonds. The Bertz CT molecular complexity index is 411. The van der Waals surface area contributed by atoms with Crippen LogP contribution in [-0.2, 0) is 9.53 Å². The van der Waals surface area contributed by atoms with Crippen molar-refractivity contribution in [2.24, 2.45) is 11.8 Å². The van der Waals surface area contributed by atoms with Crippen LogP contribution in [0.5, 0.6) is 0 Å². The minimum atomic E-state index is -0.329. The molecule has 4 atom stereocenters. The first kappa shape index (κ1) is 12.2. The van der Waals surface area contributed by atoms with Crippen molar-refractivity contribution in [1.82, 2.24) is 0 Å². The van der Waals surface area contributed by atoms with E-state index in [1.807, 2.05) is 6.08 Å². The molecule has 3 aliphatic rings. The second kappa shape index (κ2) is 4.06. The summed E-state index contributed by atoms with van der Waals surface area (Å²) >= 11 is 0. The first-order valence-corrected chi connectivity index (χ1v) is 7.12. The van der Waals surface area contributed by atoms with Crippen molar-refractivity contribution in [2.75, 3.05) is 0 Å². The highest BCUT2D eigenvalue weighted by molar-refractivity contribution is 5.81. The molecule has 0 aromatic carbocycles. The van der Waals surface area contributed by atoms with Gasteiger partial charge < -0.3 is 4.74 Å². The van der Waals surface area contributed by atoms with Crippen molar-refractivity contribution in [1.29, 1.82) is 0 Å². The van der Waals surface area contributed by atoms with E-state index in [0.717, 1.165) is 19.3 Å². The zero-order chi connectivity index (χ0) is 12.8. The third-order valence-electron chi connectivity index (χ3n) is 5.08. The zero-order valence-corrected chi connectivity index (χ0v) is 11.2. The van der Waals surface area contributed by atoms with Gasteiger partial charge in [-0.1, -0.05) is 25.2 Å². The van der Waals surface area contributed by atoms with Crippen LogP contribution in [-0.4, -0.2) is 17.0 Å². The van der Waals surface area contributed by atoms with Crippen LogP contribution in [0.15, 0.2) is 24.8 Å². The summed E-state index contributed by atoms with van der Waals surface area (Å²) in [6.07, 6.45) is 11.7. The predicted molar refractivity (Wildman–Crippen MR) is 71.2 cm³/mol. The van der Waals surface area contributed by atoms with E-state index in [1.54, 1.807) is 0 Å². The lowest BCUT2D eigenvalue weighted by Crippen LogP contribution is -2.38. The summed E-state index contributed by atoms with van der Waals surface area (Å²) in [7, 11) is 0. The third kappa shape index (κ3) is 1.70. The molecule has 0 unspecified atom stereocenters. The molecule has 2 aliphatic heterocycles. The van der Waals surface area contributed by atoms with Crippen molar-refractivity contribution < 1.29 is 9.53 Å². The highest BCUT2D eigenvalue weighted by Gasteiger charge is 2.56. The first-order chi connectivity index (χ1) is 8.59. The molecule has 3 rings (SSSR count). The maximum absolute atomic E-state index is 12.2. The molecule has 1 aliphatic carbocycles. The normalized spacial score (nSPS) is 45.9. The van der Waals surface area contributed by atoms with E-state index in [0.29, 0.717) is 30.5 Å². The number of fused-ring (bicyclic) bond motifs is 1. The number of ketones is 1. The molecule has 18 heavy (non-hydrogen) atoms. The fraction of sp³-hybridized carbons (Fsp3) is 0.688. The minimum Gasteiger partial charge on any atom is -0.360 e. The fourth-order valence-corrected chi connectivity index (χ4v) is 4.08. The molecule has 2 bridgehead atoms. The number of hydrogen-bond donors (Lipinski definition) is 0. The van der Waals surface area contributed by atoms with Crippen molar-refractivity contribution in [3.8, 4) is 0 Å². The number of allylic oxidation sites excluding steroid dienone is 1. The molecule has 1 saturated heterocycles. The van der Waals surface area contributed by atoms with Crippen LogP contribution < -0.4 is 0 Å². The second-order valence-electron chi connectivity index (χ2n) is 6.32. The molecule has 2 fully saturated rings. The van der Waals surface area contributed by atoms with Gasteiger partial charge in [0.05, 0.1) is 11.2 Å². The molecule has 1 spiro atoms. The van der Waals surface area contributed by atoms with Crippen molar-refractivity contribution >= 4 is 5.78 Å². The zero-order valence-electron chi connectivity index (χ0n) is 11.2. The quantitative estimate of drug-likeness (QED) is 0.713. The summed E-state index contributed by atoms with van der Waals surface area (Å²) < 4.78 is 6.48. The van der Waals surface area contributed by atoms with E-state index >= 15 is 0 Å². The molecule has 0 aromatic rings. The minimum absolute atomic E-state index is 0.132. The van der Waals surface area contributed by atoms with Gasteiger partial charge in [-0.3, -0.25) is 4.79 Å². The topological polar surface area (TPSA) is 26.3 Å². The van der Waals surface area contributed by atoms with Gasteiger partial charge in [-0.15, -0.1) is 6.58 Å². The van der Waals surface area contributed by atoms with E-state index in [-0.39, 0.29) is 11.2 Å². The lowest BCUT2D eigenvalue weighted by Gasteiger charge is -2.34. The Morgan fingerprint density at radius 3 is 3.17 bits per heavy atom. The van der Waals surface area contributed by atoms with Gasteiger partial charge in [-0.2, -0.15) is 0 Å². The van der Waals surface area contributed by atoms with Crippen molar-refractivity contribution in [3.05, 3.63) is 24.8 Å². The lowest BCUT2D eigenvalue weighted by atomic mass is 9.80. The van der Waals surface area contributed by atoms with Gasteiger partial charge >= 0.3 is 0 Å². The van der Waals surface area contributed by atoms with E-state index in [4.69, 9.17) is 4.74 Å². The summed E-state index contributed by atoms with van der Waals surface area (Å²) in [6.45, 7) is 6.04. The van der Waals surface area contributed by atoms with Crippen molar-refractivity contribution in [2.45, 2.75) is 56.7 Å². The van der Waals surface area contributed by atoms with Crippen LogP contribution in [0.25, 0.3) is 0 Å². The molecule has 2 heteroatoms. The van der Waals surface area contributed by atoms with Gasteiger partial charge in [0.1, 0.15) is 5.78 Å². The van der Waals surface area contributed by atoms with Crippen LogP contribution in [0.2, 0.25) is 0 Å². The highest BCUT2D eigenvalue weighted by Crippen LogP contribution is 2.54. The van der Waals surface area contributed by atoms with Gasteiger partial charge in [0.2, 0.25) is 0 Å². The Morgan fingerprint density at radius 2 is 2.39 bits per heavy atom. The number of rotatable bonds is 3. The first-order valence-electron chi connectivity index (χ1n) is 7.12. The second-order valence-corrected chi connectivity index (χ2v) is 6.32. The average Bonchev–Trinajstić information content (AvgIpc) is 2.79. The number of hydrogen-bond acceptors (Lipinski definition) is 2. The van der Waals surface area contributed by atoms with E-state index in [1.165, 1.54) is 6.42 Å². The van der Waals surface area contributed by atoms with Crippen LogP contribution >= 0.6 is 0 Å². The Morgan fingerprint density at radius 1 is 1.56 bits per heavy atom. The van der Waals surface area contributed by atoms with Gasteiger partial charge in [0, 0.05) is 18.8 Å². The number of carbonyl (C=O) groups excluding carboxylic acids is 1. The molecule has 0 N–H and O–H groups in total. The monoisotopic (exact) mass is 246 g/mol. The third-order valence-corrected chi connectivity index (χ3v) is 5.08. The largest absolute Gasteiger partial charge is 0.360 e. The molecule has 0 radical (unpaired) electrons. The standard InChI is InChI=1S/C16H22O2/c1-3-4-6-15-8-9-16(18-15)7-5-12(2)14(16)10-13(17)11-15/h3,8-9,12,14H,1,4-7,10-11H2,2H3/t12-,14-,15+,16-/m1/s1. The summed E-state index contributed by atoms with van der Waals surface area (Å²) in [5, 5.41) is 0. The number of carbonyl (C=O) groups is 1. The van der Waals surface area contributed by atoms with E-state index < -0.39 is 0 Å². The van der Waals surface area contributed by atoms with Crippen LogP contribution in [0.1, 0.15) is 45.4 Å². The molecule has 1 saturated carbocycles. The molecular formula is C16H22O2. The Balaban J connectivity index is 1.92. The van der Waals surface area contributed by atoms with Crippen molar-refractivity contribution in [3.63, 3.8) is 0 Å². The fourth-order valence-electron chi connectivity index (χ4n) is 4.08. The summed E-state index contributed by atoms with van der Waals surface area (Å²) in [5.41, 5.74) is -0.461. The maximum Gasteiger partial charge on any atom is 0.136 e. The van der Waals surface area contributed by atoms with Gasteiger partial charge in [0.15, 0.2) is 0 Å². The van der Waals surface area contributed by atoms with Gasteiger partial charge in [0.25, 0.3) is 0 Å². The molecule has 98 valence electrons. The van der Waals surface area contributed by atoms with Crippen LogP contribution in [0.4, 0.5) is 0 Å². The summed E-state index contributed by atoms with van der Waals surface area (Å²) in [4.78, 5) is 12.2. The predicted octanol–water partition coefficient (Wildman–Crippen LogP) is 3.43. The molecule has 2 nitrogen and oxygen atoms in total. The Kier molecular flexibility index (Phi) is 2.74. The molecular weight excluding hydrogens is 224 g/mol. The number of ether oxygens (including phenoxy) is 1. The van der Waals surface area contributed by atoms with Gasteiger partial charge in [-0.05, 0) is 31.6 Å². The van der Waals surface area contributed by atoms with Gasteiger partial charge in [-0.25, -0.2) is 0 Å². The maximum atomic E-state index is 12.2. The SMILES string of the molecule is C=CCC[C@]12C=C[C@@]3(CC[C@@H](C)[C@H]3CC(=O)C1)O2. The smallest absolute Gasteiger partial charge is 0.136 e. The van der Waals surface area contributed by atoms with E-state index in [9.17, 15) is 4.79 Å². The van der Waals surface area contributed by atoms with Crippen LogP contribution in [0, 0.1) is 11.8 Å². The highest BCUT2D eigenvalue weighted by atomic mass is 16.5. The molecule has 0 aromatic heterocycles. The lowest BCUT2D eigenvalue weighted by molar-refractivity contribution is -0.124. The Labute approximate surface area is 109 Å². The summed E-state index contributed by atoms with van der Waals surface area (Å²) in [6, 6.07) is 0. The average molecular weight is 246 g/mol. The molecule has 2 heterocycles.